The van der Waals surface area contributed by atoms with Crippen molar-refractivity contribution in [3.8, 4) is 0 Å². The van der Waals surface area contributed by atoms with Gasteiger partial charge in [-0.3, -0.25) is 4.79 Å². The zero-order valence-corrected chi connectivity index (χ0v) is 11.2. The first kappa shape index (κ1) is 13.8. The summed E-state index contributed by atoms with van der Waals surface area (Å²) in [4.78, 5) is 11.6. The molecule has 1 saturated carbocycles. The highest BCUT2D eigenvalue weighted by Gasteiger charge is 2.21. The van der Waals surface area contributed by atoms with Crippen LogP contribution in [0.4, 0.5) is 0 Å². The van der Waals surface area contributed by atoms with E-state index in [1.54, 1.807) is 0 Å². The van der Waals surface area contributed by atoms with Crippen LogP contribution in [0.25, 0.3) is 0 Å². The Morgan fingerprint density at radius 1 is 1.44 bits per heavy atom. The first-order chi connectivity index (χ1) is 7.65. The van der Waals surface area contributed by atoms with Gasteiger partial charge in [-0.1, -0.05) is 6.92 Å². The lowest BCUT2D eigenvalue weighted by Gasteiger charge is -2.28. The number of thioether (sulfide) groups is 1. The standard InChI is InChI=1S/C12H24N2OS/c1-3-9(13)8-12(15)14-10-4-6-11(16-2)7-5-10/h9-11H,3-8,13H2,1-2H3,(H,14,15). The molecule has 0 aromatic rings. The molecule has 16 heavy (non-hydrogen) atoms. The predicted molar refractivity (Wildman–Crippen MR) is 70.6 cm³/mol. The van der Waals surface area contributed by atoms with Gasteiger partial charge in [0.15, 0.2) is 0 Å². The van der Waals surface area contributed by atoms with Crippen molar-refractivity contribution in [3.05, 3.63) is 0 Å². The first-order valence-corrected chi connectivity index (χ1v) is 7.52. The van der Waals surface area contributed by atoms with Crippen molar-refractivity contribution in [2.45, 2.75) is 62.8 Å². The monoisotopic (exact) mass is 244 g/mol. The fourth-order valence-electron chi connectivity index (χ4n) is 2.11. The second-order valence-electron chi connectivity index (χ2n) is 4.65. The Morgan fingerprint density at radius 2 is 2.06 bits per heavy atom. The second-order valence-corrected chi connectivity index (χ2v) is 5.79. The first-order valence-electron chi connectivity index (χ1n) is 6.23. The van der Waals surface area contributed by atoms with E-state index in [9.17, 15) is 4.79 Å². The topological polar surface area (TPSA) is 55.1 Å². The fourth-order valence-corrected chi connectivity index (χ4v) is 2.86. The highest BCUT2D eigenvalue weighted by Crippen LogP contribution is 2.26. The van der Waals surface area contributed by atoms with Gasteiger partial charge in [0.05, 0.1) is 0 Å². The lowest BCUT2D eigenvalue weighted by molar-refractivity contribution is -0.122. The van der Waals surface area contributed by atoms with Gasteiger partial charge < -0.3 is 11.1 Å². The predicted octanol–water partition coefficient (Wildman–Crippen LogP) is 1.90. The molecule has 94 valence electrons. The largest absolute Gasteiger partial charge is 0.353 e. The average Bonchev–Trinajstić information content (AvgIpc) is 2.29. The lowest BCUT2D eigenvalue weighted by Crippen LogP contribution is -2.40. The van der Waals surface area contributed by atoms with Crippen LogP contribution < -0.4 is 11.1 Å². The minimum Gasteiger partial charge on any atom is -0.353 e. The Morgan fingerprint density at radius 3 is 2.56 bits per heavy atom. The number of hydrogen-bond donors (Lipinski definition) is 2. The van der Waals surface area contributed by atoms with Crippen molar-refractivity contribution in [1.82, 2.24) is 5.32 Å². The molecule has 0 saturated heterocycles. The van der Waals surface area contributed by atoms with Gasteiger partial charge in [0.2, 0.25) is 5.91 Å². The smallest absolute Gasteiger partial charge is 0.221 e. The molecule has 0 aliphatic heterocycles. The van der Waals surface area contributed by atoms with Crippen LogP contribution in [0.15, 0.2) is 0 Å². The molecule has 0 spiro atoms. The Balaban J connectivity index is 2.20. The van der Waals surface area contributed by atoms with Crippen molar-refractivity contribution in [1.29, 1.82) is 0 Å². The summed E-state index contributed by atoms with van der Waals surface area (Å²) in [6.45, 7) is 2.02. The van der Waals surface area contributed by atoms with E-state index in [-0.39, 0.29) is 11.9 Å². The van der Waals surface area contributed by atoms with Crippen LogP contribution in [0.5, 0.6) is 0 Å². The van der Waals surface area contributed by atoms with Gasteiger partial charge in [0.1, 0.15) is 0 Å². The van der Waals surface area contributed by atoms with E-state index in [1.165, 1.54) is 12.8 Å². The maximum atomic E-state index is 11.6. The van der Waals surface area contributed by atoms with Crippen LogP contribution in [0.1, 0.15) is 45.4 Å². The van der Waals surface area contributed by atoms with Crippen molar-refractivity contribution in [3.63, 3.8) is 0 Å². The molecule has 1 aliphatic carbocycles. The van der Waals surface area contributed by atoms with Gasteiger partial charge in [0, 0.05) is 23.8 Å². The molecule has 0 aromatic heterocycles. The van der Waals surface area contributed by atoms with E-state index in [4.69, 9.17) is 5.73 Å². The number of carbonyl (C=O) groups excluding carboxylic acids is 1. The number of nitrogens with two attached hydrogens (primary N) is 1. The summed E-state index contributed by atoms with van der Waals surface area (Å²) in [6.07, 6.45) is 8.21. The molecule has 3 N–H and O–H groups in total. The Kier molecular flexibility index (Phi) is 6.21. The molecule has 1 unspecified atom stereocenters. The van der Waals surface area contributed by atoms with Crippen LogP contribution in [0.2, 0.25) is 0 Å². The van der Waals surface area contributed by atoms with Crippen LogP contribution in [0.3, 0.4) is 0 Å². The van der Waals surface area contributed by atoms with Gasteiger partial charge in [-0.25, -0.2) is 0 Å². The number of rotatable bonds is 5. The summed E-state index contributed by atoms with van der Waals surface area (Å²) in [5.74, 6) is 0.127. The quantitative estimate of drug-likeness (QED) is 0.776. The number of amides is 1. The van der Waals surface area contributed by atoms with Gasteiger partial charge in [-0.05, 0) is 38.4 Å². The zero-order chi connectivity index (χ0) is 12.0. The third-order valence-electron chi connectivity index (χ3n) is 3.34. The minimum atomic E-state index is 0.0162. The lowest BCUT2D eigenvalue weighted by atomic mass is 9.94. The summed E-state index contributed by atoms with van der Waals surface area (Å²) < 4.78 is 0. The molecule has 0 heterocycles. The highest BCUT2D eigenvalue weighted by molar-refractivity contribution is 7.99. The molecule has 1 aliphatic rings. The van der Waals surface area contributed by atoms with E-state index in [2.05, 4.69) is 11.6 Å². The molecular weight excluding hydrogens is 220 g/mol. The third-order valence-corrected chi connectivity index (χ3v) is 4.48. The van der Waals surface area contributed by atoms with E-state index >= 15 is 0 Å². The molecule has 1 atom stereocenters. The van der Waals surface area contributed by atoms with Crippen molar-refractivity contribution < 1.29 is 4.79 Å². The molecule has 4 heteroatoms. The van der Waals surface area contributed by atoms with Crippen LogP contribution >= 0.6 is 11.8 Å². The van der Waals surface area contributed by atoms with Gasteiger partial charge in [-0.15, -0.1) is 0 Å². The third kappa shape index (κ3) is 4.74. The van der Waals surface area contributed by atoms with E-state index in [0.29, 0.717) is 12.5 Å². The Labute approximate surface area is 103 Å². The average molecular weight is 244 g/mol. The van der Waals surface area contributed by atoms with E-state index in [1.807, 2.05) is 18.7 Å². The summed E-state index contributed by atoms with van der Waals surface area (Å²) >= 11 is 1.95. The summed E-state index contributed by atoms with van der Waals surface area (Å²) in [5, 5.41) is 3.90. The van der Waals surface area contributed by atoms with E-state index < -0.39 is 0 Å². The highest BCUT2D eigenvalue weighted by atomic mass is 32.2. The van der Waals surface area contributed by atoms with Gasteiger partial charge in [-0.2, -0.15) is 11.8 Å². The fraction of sp³-hybridized carbons (Fsp3) is 0.917. The molecule has 0 radical (unpaired) electrons. The molecule has 3 nitrogen and oxygen atoms in total. The normalized spacial score (nSPS) is 27.4. The molecule has 1 rings (SSSR count). The number of carbonyl (C=O) groups is 1. The van der Waals surface area contributed by atoms with Gasteiger partial charge in [0.25, 0.3) is 0 Å². The van der Waals surface area contributed by atoms with E-state index in [0.717, 1.165) is 24.5 Å². The Hall–Kier alpha value is -0.220. The number of hydrogen-bond acceptors (Lipinski definition) is 3. The van der Waals surface area contributed by atoms with Crippen molar-refractivity contribution >= 4 is 17.7 Å². The maximum Gasteiger partial charge on any atom is 0.221 e. The summed E-state index contributed by atoms with van der Waals surface area (Å²) in [6, 6.07) is 0.405. The van der Waals surface area contributed by atoms with Crippen LogP contribution in [0, 0.1) is 0 Å². The van der Waals surface area contributed by atoms with Crippen LogP contribution in [-0.4, -0.2) is 29.5 Å². The molecule has 0 bridgehead atoms. The molecule has 1 fully saturated rings. The number of nitrogens with one attached hydrogen (secondary N) is 1. The summed E-state index contributed by atoms with van der Waals surface area (Å²) in [5.41, 5.74) is 5.76. The molecular formula is C12H24N2OS. The maximum absolute atomic E-state index is 11.6. The van der Waals surface area contributed by atoms with Crippen molar-refractivity contribution in [2.24, 2.45) is 5.73 Å². The van der Waals surface area contributed by atoms with Gasteiger partial charge >= 0.3 is 0 Å². The van der Waals surface area contributed by atoms with Crippen LogP contribution in [-0.2, 0) is 4.79 Å². The zero-order valence-electron chi connectivity index (χ0n) is 10.4. The Bertz CT molecular complexity index is 215. The second kappa shape index (κ2) is 7.17. The van der Waals surface area contributed by atoms with Crippen molar-refractivity contribution in [2.75, 3.05) is 6.26 Å². The molecule has 1 amide bonds. The molecule has 0 aromatic carbocycles. The summed E-state index contributed by atoms with van der Waals surface area (Å²) in [7, 11) is 0. The SMILES string of the molecule is CCC(N)CC(=O)NC1CCC(SC)CC1. The minimum absolute atomic E-state index is 0.0162.